The lowest BCUT2D eigenvalue weighted by Crippen LogP contribution is -2.22. The molecule has 0 aliphatic carbocycles. The number of nitrogen functional groups attached to an aromatic ring is 1. The number of hydrogen-bond donors (Lipinski definition) is 2. The maximum Gasteiger partial charge on any atom is 0.334 e. The zero-order valence-corrected chi connectivity index (χ0v) is 10.7. The molecule has 1 aromatic rings. The van der Waals surface area contributed by atoms with Gasteiger partial charge in [-0.2, -0.15) is 0 Å². The van der Waals surface area contributed by atoms with Crippen LogP contribution in [0.5, 0.6) is 0 Å². The molecule has 100 valence electrons. The molecule has 0 unspecified atom stereocenters. The summed E-state index contributed by atoms with van der Waals surface area (Å²) in [6.07, 6.45) is 3.43. The Hall–Kier alpha value is -1.89. The van der Waals surface area contributed by atoms with Crippen molar-refractivity contribution in [1.82, 2.24) is 10.3 Å². The summed E-state index contributed by atoms with van der Waals surface area (Å²) in [4.78, 5) is 16.3. The average molecular weight is 253 g/mol. The number of hydrogen-bond acceptors (Lipinski definition) is 6. The van der Waals surface area contributed by atoms with Crippen molar-refractivity contribution in [1.29, 1.82) is 0 Å². The van der Waals surface area contributed by atoms with Crippen LogP contribution < -0.4 is 16.0 Å². The molecule has 1 aromatic heterocycles. The molecule has 0 aliphatic rings. The van der Waals surface area contributed by atoms with Crippen LogP contribution in [0.4, 0.5) is 17.2 Å². The molecule has 0 saturated heterocycles. The molecule has 7 heteroatoms. The highest BCUT2D eigenvalue weighted by Crippen LogP contribution is 2.30. The molecule has 0 bridgehead atoms. The highest BCUT2D eigenvalue weighted by atomic mass is 16.6. The van der Waals surface area contributed by atoms with Crippen molar-refractivity contribution in [3.8, 4) is 0 Å². The molecule has 0 aliphatic heterocycles. The van der Waals surface area contributed by atoms with Crippen molar-refractivity contribution in [3.05, 3.63) is 22.4 Å². The van der Waals surface area contributed by atoms with E-state index >= 15 is 0 Å². The summed E-state index contributed by atoms with van der Waals surface area (Å²) >= 11 is 0. The van der Waals surface area contributed by atoms with Crippen LogP contribution in [0.3, 0.4) is 0 Å². The number of nitrogens with zero attached hydrogens (tertiary/aromatic N) is 3. The Kier molecular flexibility index (Phi) is 5.31. The van der Waals surface area contributed by atoms with E-state index in [0.717, 1.165) is 19.4 Å². The smallest absolute Gasteiger partial charge is 0.334 e. The second-order valence-electron chi connectivity index (χ2n) is 4.06. The molecular weight excluding hydrogens is 234 g/mol. The van der Waals surface area contributed by atoms with Crippen molar-refractivity contribution in [2.75, 3.05) is 37.8 Å². The Morgan fingerprint density at radius 3 is 2.89 bits per heavy atom. The van der Waals surface area contributed by atoms with Gasteiger partial charge in [-0.1, -0.05) is 0 Å². The number of rotatable bonds is 7. The van der Waals surface area contributed by atoms with E-state index in [1.807, 2.05) is 7.05 Å². The van der Waals surface area contributed by atoms with Gasteiger partial charge in [-0.25, -0.2) is 4.98 Å². The molecule has 3 N–H and O–H groups in total. The van der Waals surface area contributed by atoms with Gasteiger partial charge in [-0.3, -0.25) is 10.1 Å². The van der Waals surface area contributed by atoms with Gasteiger partial charge in [0.2, 0.25) is 5.82 Å². The van der Waals surface area contributed by atoms with E-state index in [1.54, 1.807) is 11.9 Å². The van der Waals surface area contributed by atoms with E-state index in [9.17, 15) is 10.1 Å². The normalized spacial score (nSPS) is 10.3. The summed E-state index contributed by atoms with van der Waals surface area (Å²) in [5.41, 5.74) is 5.65. The molecule has 0 aromatic carbocycles. The number of unbranched alkanes of at least 4 members (excludes halogenated alkanes) is 1. The number of nitro groups is 1. The first kappa shape index (κ1) is 14.2. The van der Waals surface area contributed by atoms with Crippen molar-refractivity contribution < 1.29 is 4.92 Å². The second-order valence-corrected chi connectivity index (χ2v) is 4.06. The maximum atomic E-state index is 11.0. The van der Waals surface area contributed by atoms with Crippen LogP contribution >= 0.6 is 0 Å². The largest absolute Gasteiger partial charge is 0.393 e. The van der Waals surface area contributed by atoms with Gasteiger partial charge in [0, 0.05) is 19.8 Å². The third kappa shape index (κ3) is 3.56. The predicted octanol–water partition coefficient (Wildman–Crippen LogP) is 1.01. The summed E-state index contributed by atoms with van der Waals surface area (Å²) in [6, 6.07) is 1.44. The molecule has 0 fully saturated rings. The van der Waals surface area contributed by atoms with Crippen LogP contribution in [0.1, 0.15) is 12.8 Å². The zero-order chi connectivity index (χ0) is 13.5. The number of nitrogens with two attached hydrogens (primary N) is 1. The van der Waals surface area contributed by atoms with Crippen LogP contribution in [0, 0.1) is 10.1 Å². The van der Waals surface area contributed by atoms with Gasteiger partial charge in [0.15, 0.2) is 0 Å². The molecule has 1 rings (SSSR count). The van der Waals surface area contributed by atoms with Crippen LogP contribution in [0.2, 0.25) is 0 Å². The minimum absolute atomic E-state index is 0.117. The minimum atomic E-state index is -0.484. The van der Waals surface area contributed by atoms with Crippen LogP contribution in [0.15, 0.2) is 12.3 Å². The quantitative estimate of drug-likeness (QED) is 0.427. The van der Waals surface area contributed by atoms with Crippen molar-refractivity contribution in [2.45, 2.75) is 12.8 Å². The fourth-order valence-electron chi connectivity index (χ4n) is 1.68. The first-order valence-corrected chi connectivity index (χ1v) is 5.82. The Balaban J connectivity index is 2.76. The zero-order valence-electron chi connectivity index (χ0n) is 10.7. The van der Waals surface area contributed by atoms with Gasteiger partial charge in [0.05, 0.1) is 4.92 Å². The molecule has 7 nitrogen and oxygen atoms in total. The van der Waals surface area contributed by atoms with Gasteiger partial charge in [-0.05, 0) is 32.5 Å². The molecule has 0 atom stereocenters. The molecule has 0 spiro atoms. The molecule has 1 heterocycles. The standard InChI is InChI=1S/C11H19N5O2/c1-13-6-3-4-8-15(2)11-10(16(17)18)9(12)5-7-14-11/h5,7,13H,3-4,6,8H2,1-2H3,(H2,12,14). The first-order chi connectivity index (χ1) is 8.57. The highest BCUT2D eigenvalue weighted by molar-refractivity contribution is 5.71. The third-order valence-corrected chi connectivity index (χ3v) is 2.65. The van der Waals surface area contributed by atoms with Gasteiger partial charge in [-0.15, -0.1) is 0 Å². The Morgan fingerprint density at radius 1 is 1.56 bits per heavy atom. The lowest BCUT2D eigenvalue weighted by Gasteiger charge is -2.18. The Bertz CT molecular complexity index is 410. The van der Waals surface area contributed by atoms with E-state index in [0.29, 0.717) is 12.4 Å². The fourth-order valence-corrected chi connectivity index (χ4v) is 1.68. The summed E-state index contributed by atoms with van der Waals surface area (Å²) in [5, 5.41) is 14.0. The summed E-state index contributed by atoms with van der Waals surface area (Å²) in [5.74, 6) is 0.324. The molecule has 0 radical (unpaired) electrons. The first-order valence-electron chi connectivity index (χ1n) is 5.82. The van der Waals surface area contributed by atoms with Crippen LogP contribution in [-0.2, 0) is 0 Å². The molecule has 0 amide bonds. The predicted molar refractivity (Wildman–Crippen MR) is 71.7 cm³/mol. The van der Waals surface area contributed by atoms with E-state index < -0.39 is 4.92 Å². The van der Waals surface area contributed by atoms with Crippen LogP contribution in [-0.4, -0.2) is 37.1 Å². The molecule has 18 heavy (non-hydrogen) atoms. The van der Waals surface area contributed by atoms with Gasteiger partial charge in [0.1, 0.15) is 5.69 Å². The average Bonchev–Trinajstić information content (AvgIpc) is 2.33. The van der Waals surface area contributed by atoms with E-state index in [-0.39, 0.29) is 11.4 Å². The highest BCUT2D eigenvalue weighted by Gasteiger charge is 2.21. The fraction of sp³-hybridized carbons (Fsp3) is 0.545. The van der Waals surface area contributed by atoms with Gasteiger partial charge in [0.25, 0.3) is 0 Å². The second kappa shape index (κ2) is 6.75. The van der Waals surface area contributed by atoms with Crippen molar-refractivity contribution in [3.63, 3.8) is 0 Å². The third-order valence-electron chi connectivity index (χ3n) is 2.65. The van der Waals surface area contributed by atoms with E-state index in [2.05, 4.69) is 10.3 Å². The lowest BCUT2D eigenvalue weighted by atomic mass is 10.2. The monoisotopic (exact) mass is 253 g/mol. The summed E-state index contributed by atoms with van der Waals surface area (Å²) < 4.78 is 0. The number of pyridine rings is 1. The minimum Gasteiger partial charge on any atom is -0.393 e. The topological polar surface area (TPSA) is 97.3 Å². The van der Waals surface area contributed by atoms with E-state index in [1.165, 1.54) is 12.3 Å². The SMILES string of the molecule is CNCCCCN(C)c1nccc(N)c1[N+](=O)[O-]. The Labute approximate surface area is 106 Å². The Morgan fingerprint density at radius 2 is 2.28 bits per heavy atom. The number of aromatic nitrogens is 1. The lowest BCUT2D eigenvalue weighted by molar-refractivity contribution is -0.383. The molecule has 0 saturated carbocycles. The van der Waals surface area contributed by atoms with Gasteiger partial charge >= 0.3 is 5.69 Å². The van der Waals surface area contributed by atoms with Crippen molar-refractivity contribution >= 4 is 17.2 Å². The summed E-state index contributed by atoms with van der Waals surface area (Å²) in [7, 11) is 3.68. The summed E-state index contributed by atoms with van der Waals surface area (Å²) in [6.45, 7) is 1.64. The molecular formula is C11H19N5O2. The van der Waals surface area contributed by atoms with Crippen LogP contribution in [0.25, 0.3) is 0 Å². The number of anilines is 2. The van der Waals surface area contributed by atoms with Crippen molar-refractivity contribution in [2.24, 2.45) is 0 Å². The van der Waals surface area contributed by atoms with Gasteiger partial charge < -0.3 is 16.0 Å². The van der Waals surface area contributed by atoms with E-state index in [4.69, 9.17) is 5.73 Å². The number of nitrogens with one attached hydrogen (secondary N) is 1. The maximum absolute atomic E-state index is 11.0.